The van der Waals surface area contributed by atoms with Gasteiger partial charge in [0.05, 0.1) is 0 Å². The quantitative estimate of drug-likeness (QED) is 0.847. The van der Waals surface area contributed by atoms with Gasteiger partial charge in [0.15, 0.2) is 5.82 Å². The van der Waals surface area contributed by atoms with Crippen LogP contribution in [0.2, 0.25) is 0 Å². The number of hydrogen-bond donors (Lipinski definition) is 1. The highest BCUT2D eigenvalue weighted by molar-refractivity contribution is 5.94. The lowest BCUT2D eigenvalue weighted by atomic mass is 10.2. The Bertz CT molecular complexity index is 537. The molecule has 1 aromatic heterocycles. The molecule has 6 nitrogen and oxygen atoms in total. The number of carbonyl (C=O) groups is 1. The van der Waals surface area contributed by atoms with Crippen LogP contribution < -0.4 is 5.32 Å². The molecule has 1 amide bonds. The fourth-order valence-electron chi connectivity index (χ4n) is 1.45. The summed E-state index contributed by atoms with van der Waals surface area (Å²) < 4.78 is 14.2. The highest BCUT2D eigenvalue weighted by Gasteiger charge is 2.06. The zero-order valence-electron chi connectivity index (χ0n) is 9.80. The summed E-state index contributed by atoms with van der Waals surface area (Å²) in [4.78, 5) is 11.7. The molecular formula is C11H12FN5O. The highest BCUT2D eigenvalue weighted by atomic mass is 19.1. The van der Waals surface area contributed by atoms with Gasteiger partial charge >= 0.3 is 0 Å². The van der Waals surface area contributed by atoms with Gasteiger partial charge in [0.1, 0.15) is 5.82 Å². The summed E-state index contributed by atoms with van der Waals surface area (Å²) in [7, 11) is 1.73. The molecule has 0 spiro atoms. The number of carbonyl (C=O) groups excluding carboxylic acids is 1. The summed E-state index contributed by atoms with van der Waals surface area (Å²) in [5, 5.41) is 13.7. The van der Waals surface area contributed by atoms with Crippen LogP contribution in [-0.4, -0.2) is 32.7 Å². The first-order valence-electron chi connectivity index (χ1n) is 5.42. The minimum absolute atomic E-state index is 0.245. The van der Waals surface area contributed by atoms with Gasteiger partial charge in [-0.2, -0.15) is 0 Å². The van der Waals surface area contributed by atoms with E-state index in [1.165, 1.54) is 24.3 Å². The molecule has 94 valence electrons. The molecule has 0 saturated carbocycles. The normalized spacial score (nSPS) is 10.3. The maximum Gasteiger partial charge on any atom is 0.251 e. The Morgan fingerprint density at radius 3 is 2.72 bits per heavy atom. The van der Waals surface area contributed by atoms with E-state index in [1.54, 1.807) is 11.7 Å². The third kappa shape index (κ3) is 2.88. The van der Waals surface area contributed by atoms with Gasteiger partial charge in [-0.25, -0.2) is 9.07 Å². The van der Waals surface area contributed by atoms with Crippen LogP contribution in [0.5, 0.6) is 0 Å². The topological polar surface area (TPSA) is 72.7 Å². The standard InChI is InChI=1S/C11H12FN5O/c1-17-10(14-15-16-17)6-7-13-11(18)8-2-4-9(12)5-3-8/h2-5H,6-7H2,1H3,(H,13,18). The summed E-state index contributed by atoms with van der Waals surface area (Å²) in [6.07, 6.45) is 0.538. The molecule has 1 aromatic carbocycles. The smallest absolute Gasteiger partial charge is 0.251 e. The number of tetrazole rings is 1. The van der Waals surface area contributed by atoms with E-state index in [0.29, 0.717) is 24.4 Å². The second-order valence-corrected chi connectivity index (χ2v) is 3.73. The molecule has 1 N–H and O–H groups in total. The van der Waals surface area contributed by atoms with Crippen molar-refractivity contribution in [2.24, 2.45) is 7.05 Å². The van der Waals surface area contributed by atoms with Crippen molar-refractivity contribution in [1.29, 1.82) is 0 Å². The van der Waals surface area contributed by atoms with Crippen molar-refractivity contribution in [2.45, 2.75) is 6.42 Å². The number of benzene rings is 1. The maximum atomic E-state index is 12.7. The van der Waals surface area contributed by atoms with Crippen molar-refractivity contribution >= 4 is 5.91 Å². The van der Waals surface area contributed by atoms with E-state index in [-0.39, 0.29) is 11.7 Å². The minimum atomic E-state index is -0.364. The van der Waals surface area contributed by atoms with E-state index in [4.69, 9.17) is 0 Å². The van der Waals surface area contributed by atoms with Gasteiger partial charge in [0.25, 0.3) is 5.91 Å². The molecule has 18 heavy (non-hydrogen) atoms. The molecule has 0 aliphatic heterocycles. The summed E-state index contributed by atoms with van der Waals surface area (Å²) in [5.74, 6) is 0.0799. The van der Waals surface area contributed by atoms with Crippen LogP contribution in [0.3, 0.4) is 0 Å². The Hall–Kier alpha value is -2.31. The lowest BCUT2D eigenvalue weighted by Crippen LogP contribution is -2.26. The molecule has 0 saturated heterocycles. The number of aryl methyl sites for hydroxylation is 1. The SMILES string of the molecule is Cn1nnnc1CCNC(=O)c1ccc(F)cc1. The summed E-state index contributed by atoms with van der Waals surface area (Å²) >= 11 is 0. The molecule has 0 radical (unpaired) electrons. The summed E-state index contributed by atoms with van der Waals surface area (Å²) in [6, 6.07) is 5.38. The van der Waals surface area contributed by atoms with Gasteiger partial charge < -0.3 is 5.32 Å². The third-order valence-electron chi connectivity index (χ3n) is 2.45. The van der Waals surface area contributed by atoms with Crippen molar-refractivity contribution in [2.75, 3.05) is 6.54 Å². The third-order valence-corrected chi connectivity index (χ3v) is 2.45. The summed E-state index contributed by atoms with van der Waals surface area (Å²) in [6.45, 7) is 0.421. The van der Waals surface area contributed by atoms with Crippen LogP contribution >= 0.6 is 0 Å². The van der Waals surface area contributed by atoms with E-state index in [9.17, 15) is 9.18 Å². The summed E-state index contributed by atoms with van der Waals surface area (Å²) in [5.41, 5.74) is 0.424. The Labute approximate surface area is 103 Å². The largest absolute Gasteiger partial charge is 0.352 e. The lowest BCUT2D eigenvalue weighted by molar-refractivity contribution is 0.0954. The van der Waals surface area contributed by atoms with Crippen molar-refractivity contribution in [3.63, 3.8) is 0 Å². The van der Waals surface area contributed by atoms with Crippen LogP contribution in [0.15, 0.2) is 24.3 Å². The van der Waals surface area contributed by atoms with Gasteiger partial charge in [-0.1, -0.05) is 0 Å². The van der Waals surface area contributed by atoms with Crippen molar-refractivity contribution in [3.8, 4) is 0 Å². The Morgan fingerprint density at radius 1 is 1.39 bits per heavy atom. The van der Waals surface area contributed by atoms with Crippen molar-refractivity contribution in [1.82, 2.24) is 25.5 Å². The molecule has 7 heteroatoms. The Morgan fingerprint density at radius 2 is 2.11 bits per heavy atom. The number of nitrogens with zero attached hydrogens (tertiary/aromatic N) is 4. The number of aromatic nitrogens is 4. The van der Waals surface area contributed by atoms with E-state index in [2.05, 4.69) is 20.8 Å². The molecule has 0 fully saturated rings. The van der Waals surface area contributed by atoms with Crippen molar-refractivity contribution in [3.05, 3.63) is 41.5 Å². The van der Waals surface area contributed by atoms with E-state index >= 15 is 0 Å². The molecule has 2 rings (SSSR count). The fraction of sp³-hybridized carbons (Fsp3) is 0.273. The first-order valence-corrected chi connectivity index (χ1v) is 5.42. The zero-order valence-corrected chi connectivity index (χ0v) is 9.80. The second-order valence-electron chi connectivity index (χ2n) is 3.73. The molecule has 0 atom stereocenters. The zero-order chi connectivity index (χ0) is 13.0. The molecule has 1 heterocycles. The number of halogens is 1. The average Bonchev–Trinajstić information content (AvgIpc) is 2.76. The number of rotatable bonds is 4. The lowest BCUT2D eigenvalue weighted by Gasteiger charge is -2.04. The Balaban J connectivity index is 1.85. The molecule has 0 aliphatic rings. The molecule has 0 aliphatic carbocycles. The molecule has 2 aromatic rings. The van der Waals surface area contributed by atoms with Gasteiger partial charge in [-0.05, 0) is 34.7 Å². The Kier molecular flexibility index (Phi) is 3.61. The predicted octanol–water partition coefficient (Wildman–Crippen LogP) is 0.322. The van der Waals surface area contributed by atoms with Crippen molar-refractivity contribution < 1.29 is 9.18 Å². The van der Waals surface area contributed by atoms with E-state index in [0.717, 1.165) is 0 Å². The molecule has 0 unspecified atom stereocenters. The van der Waals surface area contributed by atoms with Crippen LogP contribution in [0.25, 0.3) is 0 Å². The van der Waals surface area contributed by atoms with Gasteiger partial charge in [-0.3, -0.25) is 4.79 Å². The van der Waals surface area contributed by atoms with Gasteiger partial charge in [-0.15, -0.1) is 5.10 Å². The monoisotopic (exact) mass is 249 g/mol. The van der Waals surface area contributed by atoms with Crippen LogP contribution in [-0.2, 0) is 13.5 Å². The number of nitrogens with one attached hydrogen (secondary N) is 1. The van der Waals surface area contributed by atoms with Gasteiger partial charge in [0, 0.05) is 25.6 Å². The first kappa shape index (κ1) is 12.2. The average molecular weight is 249 g/mol. The predicted molar refractivity (Wildman–Crippen MR) is 61.2 cm³/mol. The maximum absolute atomic E-state index is 12.7. The molecular weight excluding hydrogens is 237 g/mol. The number of amides is 1. The molecule has 0 bridgehead atoms. The van der Waals surface area contributed by atoms with E-state index in [1.807, 2.05) is 0 Å². The van der Waals surface area contributed by atoms with Crippen LogP contribution in [0.1, 0.15) is 16.2 Å². The van der Waals surface area contributed by atoms with Crippen LogP contribution in [0.4, 0.5) is 4.39 Å². The highest BCUT2D eigenvalue weighted by Crippen LogP contribution is 2.02. The first-order chi connectivity index (χ1) is 8.66. The second kappa shape index (κ2) is 5.35. The van der Waals surface area contributed by atoms with Crippen LogP contribution in [0, 0.1) is 5.82 Å². The number of hydrogen-bond acceptors (Lipinski definition) is 4. The fourth-order valence-corrected chi connectivity index (χ4v) is 1.45. The van der Waals surface area contributed by atoms with E-state index < -0.39 is 0 Å². The van der Waals surface area contributed by atoms with Gasteiger partial charge in [0.2, 0.25) is 0 Å². The minimum Gasteiger partial charge on any atom is -0.352 e.